The molecule has 0 heterocycles. The second-order valence-electron chi connectivity index (χ2n) is 5.14. The molecule has 1 aliphatic rings. The molecule has 1 N–H and O–H groups in total. The zero-order chi connectivity index (χ0) is 12.0. The van der Waals surface area contributed by atoms with Gasteiger partial charge in [0.1, 0.15) is 0 Å². The van der Waals surface area contributed by atoms with E-state index < -0.39 is 0 Å². The van der Waals surface area contributed by atoms with Crippen LogP contribution in [0.15, 0.2) is 30.3 Å². The Morgan fingerprint density at radius 3 is 2.53 bits per heavy atom. The molecular formula is C15H23NO. The highest BCUT2D eigenvalue weighted by Crippen LogP contribution is 2.46. The number of anilines is 1. The summed E-state index contributed by atoms with van der Waals surface area (Å²) in [6.45, 7) is 1.99. The van der Waals surface area contributed by atoms with Crippen LogP contribution in [0.4, 0.5) is 5.69 Å². The van der Waals surface area contributed by atoms with Crippen molar-refractivity contribution in [2.45, 2.75) is 32.1 Å². The first-order valence-corrected chi connectivity index (χ1v) is 6.63. The van der Waals surface area contributed by atoms with Crippen molar-refractivity contribution in [1.29, 1.82) is 0 Å². The molecule has 1 aromatic rings. The van der Waals surface area contributed by atoms with Gasteiger partial charge in [0.05, 0.1) is 0 Å². The fourth-order valence-electron chi connectivity index (χ4n) is 2.65. The fraction of sp³-hybridized carbons (Fsp3) is 0.600. The number of benzene rings is 1. The summed E-state index contributed by atoms with van der Waals surface area (Å²) >= 11 is 0. The van der Waals surface area contributed by atoms with Crippen LogP contribution in [-0.4, -0.2) is 20.3 Å². The molecule has 0 aliphatic heterocycles. The molecule has 0 atom stereocenters. The van der Waals surface area contributed by atoms with Gasteiger partial charge in [0.2, 0.25) is 0 Å². The molecule has 17 heavy (non-hydrogen) atoms. The Balaban J connectivity index is 1.73. The Kier molecular flexibility index (Phi) is 4.43. The van der Waals surface area contributed by atoms with Crippen molar-refractivity contribution >= 4 is 5.69 Å². The van der Waals surface area contributed by atoms with Crippen molar-refractivity contribution in [3.63, 3.8) is 0 Å². The number of ether oxygens (including phenoxy) is 1. The van der Waals surface area contributed by atoms with E-state index in [1.165, 1.54) is 37.8 Å². The smallest absolute Gasteiger partial charge is 0.0467 e. The lowest BCUT2D eigenvalue weighted by atomic mass is 9.65. The van der Waals surface area contributed by atoms with Crippen LogP contribution in [-0.2, 0) is 4.74 Å². The third-order valence-corrected chi connectivity index (χ3v) is 4.01. The predicted molar refractivity (Wildman–Crippen MR) is 72.3 cm³/mol. The first-order chi connectivity index (χ1) is 8.35. The summed E-state index contributed by atoms with van der Waals surface area (Å²) < 4.78 is 5.22. The Hall–Kier alpha value is -1.02. The van der Waals surface area contributed by atoms with Crippen molar-refractivity contribution in [3.8, 4) is 0 Å². The van der Waals surface area contributed by atoms with Crippen LogP contribution in [0, 0.1) is 5.41 Å². The minimum atomic E-state index is 0.567. The zero-order valence-corrected chi connectivity index (χ0v) is 10.7. The molecule has 0 radical (unpaired) electrons. The highest BCUT2D eigenvalue weighted by atomic mass is 16.5. The standard InChI is InChI=1S/C15H23NO/c1-17-13-11-15(8-5-9-15)10-12-16-14-6-3-2-4-7-14/h2-4,6-7,16H,5,8-13H2,1H3. The molecule has 94 valence electrons. The van der Waals surface area contributed by atoms with Crippen LogP contribution in [0.5, 0.6) is 0 Å². The summed E-state index contributed by atoms with van der Waals surface area (Å²) in [6.07, 6.45) is 6.65. The molecule has 0 amide bonds. The van der Waals surface area contributed by atoms with Crippen LogP contribution in [0.3, 0.4) is 0 Å². The fourth-order valence-corrected chi connectivity index (χ4v) is 2.65. The van der Waals surface area contributed by atoms with Gasteiger partial charge in [-0.25, -0.2) is 0 Å². The molecule has 1 fully saturated rings. The van der Waals surface area contributed by atoms with Crippen molar-refractivity contribution in [1.82, 2.24) is 0 Å². The van der Waals surface area contributed by atoms with E-state index >= 15 is 0 Å². The maximum absolute atomic E-state index is 5.22. The summed E-state index contributed by atoms with van der Waals surface area (Å²) in [5, 5.41) is 3.50. The van der Waals surface area contributed by atoms with Gasteiger partial charge in [-0.2, -0.15) is 0 Å². The molecular weight excluding hydrogens is 210 g/mol. The minimum Gasteiger partial charge on any atom is -0.385 e. The minimum absolute atomic E-state index is 0.567. The van der Waals surface area contributed by atoms with Gasteiger partial charge in [-0.3, -0.25) is 0 Å². The first-order valence-electron chi connectivity index (χ1n) is 6.63. The molecule has 0 saturated heterocycles. The average Bonchev–Trinajstić information content (AvgIpc) is 2.33. The monoisotopic (exact) mass is 233 g/mol. The van der Waals surface area contributed by atoms with Gasteiger partial charge >= 0.3 is 0 Å². The van der Waals surface area contributed by atoms with Crippen LogP contribution in [0.2, 0.25) is 0 Å². The normalized spacial score (nSPS) is 17.5. The quantitative estimate of drug-likeness (QED) is 0.775. The third kappa shape index (κ3) is 3.47. The van der Waals surface area contributed by atoms with E-state index in [1.807, 2.05) is 0 Å². The topological polar surface area (TPSA) is 21.3 Å². The number of methoxy groups -OCH3 is 1. The molecule has 0 unspecified atom stereocenters. The number of hydrogen-bond acceptors (Lipinski definition) is 2. The van der Waals surface area contributed by atoms with Crippen LogP contribution in [0.1, 0.15) is 32.1 Å². The average molecular weight is 233 g/mol. The lowest BCUT2D eigenvalue weighted by molar-refractivity contribution is 0.0647. The van der Waals surface area contributed by atoms with Gasteiger partial charge < -0.3 is 10.1 Å². The highest BCUT2D eigenvalue weighted by Gasteiger charge is 2.35. The lowest BCUT2D eigenvalue weighted by Crippen LogP contribution is -2.32. The van der Waals surface area contributed by atoms with Gasteiger partial charge in [0.15, 0.2) is 0 Å². The van der Waals surface area contributed by atoms with E-state index in [2.05, 4.69) is 35.6 Å². The number of nitrogens with one attached hydrogen (secondary N) is 1. The maximum atomic E-state index is 5.22. The molecule has 1 saturated carbocycles. The third-order valence-electron chi connectivity index (χ3n) is 4.01. The van der Waals surface area contributed by atoms with Crippen molar-refractivity contribution in [2.24, 2.45) is 5.41 Å². The van der Waals surface area contributed by atoms with Crippen molar-refractivity contribution < 1.29 is 4.74 Å². The van der Waals surface area contributed by atoms with Crippen molar-refractivity contribution in [2.75, 3.05) is 25.6 Å². The largest absolute Gasteiger partial charge is 0.385 e. The zero-order valence-electron chi connectivity index (χ0n) is 10.7. The number of para-hydroxylation sites is 1. The molecule has 0 spiro atoms. The van der Waals surface area contributed by atoms with Gasteiger partial charge in [-0.15, -0.1) is 0 Å². The highest BCUT2D eigenvalue weighted by molar-refractivity contribution is 5.42. The molecule has 0 aromatic heterocycles. The van der Waals surface area contributed by atoms with Crippen LogP contribution in [0.25, 0.3) is 0 Å². The first kappa shape index (κ1) is 12.4. The van der Waals surface area contributed by atoms with Gasteiger partial charge in [0, 0.05) is 25.9 Å². The van der Waals surface area contributed by atoms with Gasteiger partial charge in [-0.05, 0) is 43.2 Å². The van der Waals surface area contributed by atoms with E-state index in [0.29, 0.717) is 5.41 Å². The Morgan fingerprint density at radius 2 is 1.94 bits per heavy atom. The van der Waals surface area contributed by atoms with Crippen molar-refractivity contribution in [3.05, 3.63) is 30.3 Å². The molecule has 1 aromatic carbocycles. The summed E-state index contributed by atoms with van der Waals surface area (Å²) in [4.78, 5) is 0. The number of rotatable bonds is 7. The molecule has 2 nitrogen and oxygen atoms in total. The summed E-state index contributed by atoms with van der Waals surface area (Å²) in [5.74, 6) is 0. The second kappa shape index (κ2) is 6.06. The maximum Gasteiger partial charge on any atom is 0.0467 e. The van der Waals surface area contributed by atoms with Crippen LogP contribution < -0.4 is 5.32 Å². The lowest BCUT2D eigenvalue weighted by Gasteiger charge is -2.42. The summed E-state index contributed by atoms with van der Waals surface area (Å²) in [7, 11) is 1.80. The van der Waals surface area contributed by atoms with E-state index in [9.17, 15) is 0 Å². The van der Waals surface area contributed by atoms with Gasteiger partial charge in [0.25, 0.3) is 0 Å². The Labute approximate surface area is 104 Å². The molecule has 2 rings (SSSR count). The van der Waals surface area contributed by atoms with E-state index in [4.69, 9.17) is 4.74 Å². The Morgan fingerprint density at radius 1 is 1.18 bits per heavy atom. The van der Waals surface area contributed by atoms with E-state index in [1.54, 1.807) is 7.11 Å². The van der Waals surface area contributed by atoms with E-state index in [0.717, 1.165) is 13.2 Å². The second-order valence-corrected chi connectivity index (χ2v) is 5.14. The van der Waals surface area contributed by atoms with Crippen LogP contribution >= 0.6 is 0 Å². The summed E-state index contributed by atoms with van der Waals surface area (Å²) in [6, 6.07) is 10.5. The molecule has 0 bridgehead atoms. The van der Waals surface area contributed by atoms with E-state index in [-0.39, 0.29) is 0 Å². The van der Waals surface area contributed by atoms with Gasteiger partial charge in [-0.1, -0.05) is 24.6 Å². The predicted octanol–water partition coefficient (Wildman–Crippen LogP) is 3.70. The molecule has 2 heteroatoms. The Bertz CT molecular complexity index is 319. The summed E-state index contributed by atoms with van der Waals surface area (Å²) in [5.41, 5.74) is 1.80. The number of hydrogen-bond donors (Lipinski definition) is 1. The SMILES string of the molecule is COCCC1(CCNc2ccccc2)CCC1. The molecule has 1 aliphatic carbocycles.